The zero-order chi connectivity index (χ0) is 0. The number of hydrogen-bond donors (Lipinski definition) is 0. The Morgan fingerprint density at radius 2 is 0.750 bits per heavy atom. The van der Waals surface area contributed by atoms with Crippen molar-refractivity contribution in [2.45, 2.75) is 0 Å². The van der Waals surface area contributed by atoms with Gasteiger partial charge in [-0.25, -0.2) is 0 Å². The SMILES string of the molecule is [In+3].[Mg+2].[O-2].[O-2]. The van der Waals surface area contributed by atoms with Gasteiger partial charge in [0.2, 0.25) is 0 Å². The van der Waals surface area contributed by atoms with Crippen LogP contribution >= 0.6 is 0 Å². The van der Waals surface area contributed by atoms with Gasteiger partial charge in [0.1, 0.15) is 0 Å². The molecule has 0 aliphatic rings. The second kappa shape index (κ2) is 23.8. The third-order valence-electron chi connectivity index (χ3n) is 0. The Balaban J connectivity index is 0. The molecule has 0 saturated carbocycles. The molecule has 0 N–H and O–H groups in total. The van der Waals surface area contributed by atoms with Crippen molar-refractivity contribution in [2.24, 2.45) is 0 Å². The van der Waals surface area contributed by atoms with Crippen molar-refractivity contribution in [1.29, 1.82) is 0 Å². The average molecular weight is 171 g/mol. The van der Waals surface area contributed by atoms with E-state index in [1.165, 1.54) is 0 Å². The fraction of sp³-hybridized carbons (Fsp3) is 0. The largest absolute Gasteiger partial charge is 3.00 e. The molecule has 0 bridgehead atoms. The van der Waals surface area contributed by atoms with Crippen LogP contribution in [0.3, 0.4) is 0 Å². The van der Waals surface area contributed by atoms with E-state index < -0.39 is 0 Å². The summed E-state index contributed by atoms with van der Waals surface area (Å²) in [6, 6.07) is 0. The van der Waals surface area contributed by atoms with Crippen LogP contribution in [-0.4, -0.2) is 48.9 Å². The van der Waals surface area contributed by atoms with E-state index in [2.05, 4.69) is 0 Å². The molecule has 0 aliphatic carbocycles. The van der Waals surface area contributed by atoms with Crippen LogP contribution in [0.2, 0.25) is 0 Å². The maximum absolute atomic E-state index is 0. The first kappa shape index (κ1) is 47.6. The molecule has 4 heteroatoms. The van der Waals surface area contributed by atoms with Gasteiger partial charge in [0.05, 0.1) is 0 Å². The number of rotatable bonds is 0. The van der Waals surface area contributed by atoms with Gasteiger partial charge in [-0.1, -0.05) is 0 Å². The Hall–Kier alpha value is 1.56. The molecule has 0 atom stereocenters. The first-order valence-electron chi connectivity index (χ1n) is 0. The average Bonchev–Trinajstić information content (AvgIpc) is 0. The fourth-order valence-electron chi connectivity index (χ4n) is 0. The van der Waals surface area contributed by atoms with Crippen molar-refractivity contribution < 1.29 is 11.0 Å². The van der Waals surface area contributed by atoms with Crippen molar-refractivity contribution in [2.75, 3.05) is 0 Å². The molecule has 0 heterocycles. The van der Waals surface area contributed by atoms with Crippen molar-refractivity contribution in [3.05, 3.63) is 0 Å². The predicted octanol–water partition coefficient (Wildman–Crippen LogP) is -0.999. The smallest absolute Gasteiger partial charge is 2.00 e. The van der Waals surface area contributed by atoms with Gasteiger partial charge in [0.25, 0.3) is 0 Å². The van der Waals surface area contributed by atoms with Crippen LogP contribution in [0.4, 0.5) is 0 Å². The van der Waals surface area contributed by atoms with Crippen LogP contribution in [0.1, 0.15) is 0 Å². The maximum Gasteiger partial charge on any atom is 3.00 e. The quantitative estimate of drug-likeness (QED) is 0.420. The van der Waals surface area contributed by atoms with E-state index in [1.54, 1.807) is 0 Å². The second-order valence-electron chi connectivity index (χ2n) is 0. The van der Waals surface area contributed by atoms with E-state index in [0.29, 0.717) is 0 Å². The van der Waals surface area contributed by atoms with Gasteiger partial charge in [0, 0.05) is 0 Å². The topological polar surface area (TPSA) is 57.0 Å². The molecule has 2 nitrogen and oxygen atoms in total. The van der Waals surface area contributed by atoms with E-state index in [9.17, 15) is 0 Å². The molecule has 0 fully saturated rings. The second-order valence-corrected chi connectivity index (χ2v) is 0. The molecule has 0 unspecified atom stereocenters. The van der Waals surface area contributed by atoms with Gasteiger partial charge in [-0.3, -0.25) is 0 Å². The van der Waals surface area contributed by atoms with Gasteiger partial charge in [-0.2, -0.15) is 0 Å². The molecular formula is InMgO2+. The Morgan fingerprint density at radius 1 is 0.750 bits per heavy atom. The van der Waals surface area contributed by atoms with Crippen molar-refractivity contribution in [1.82, 2.24) is 0 Å². The first-order chi connectivity index (χ1) is 0. The Labute approximate surface area is 59.5 Å². The summed E-state index contributed by atoms with van der Waals surface area (Å²) in [6.45, 7) is 0. The van der Waals surface area contributed by atoms with E-state index in [1.807, 2.05) is 0 Å². The first-order valence-corrected chi connectivity index (χ1v) is 0. The van der Waals surface area contributed by atoms with Crippen LogP contribution in [0, 0.1) is 0 Å². The van der Waals surface area contributed by atoms with Gasteiger partial charge in [0.15, 0.2) is 0 Å². The Morgan fingerprint density at radius 3 is 0.750 bits per heavy atom. The molecule has 0 rings (SSSR count). The Kier molecular flexibility index (Phi) is 283. The summed E-state index contributed by atoms with van der Waals surface area (Å²) in [5, 5.41) is 0. The molecule has 16 valence electrons. The summed E-state index contributed by atoms with van der Waals surface area (Å²) in [5.41, 5.74) is 0. The molecule has 0 amide bonds. The van der Waals surface area contributed by atoms with Gasteiger partial charge < -0.3 is 11.0 Å². The van der Waals surface area contributed by atoms with E-state index in [-0.39, 0.29) is 59.8 Å². The van der Waals surface area contributed by atoms with Crippen molar-refractivity contribution in [3.8, 4) is 0 Å². The zero-order valence-corrected chi connectivity index (χ0v) is 6.81. The molecule has 0 spiro atoms. The molecule has 0 aromatic heterocycles. The van der Waals surface area contributed by atoms with Crippen LogP contribution < -0.4 is 0 Å². The minimum absolute atomic E-state index is 0. The van der Waals surface area contributed by atoms with Crippen LogP contribution in [-0.2, 0) is 11.0 Å². The maximum atomic E-state index is 0. The molecule has 0 aromatic rings. The van der Waals surface area contributed by atoms with Gasteiger partial charge in [-0.05, 0) is 0 Å². The summed E-state index contributed by atoms with van der Waals surface area (Å²) in [5.74, 6) is 0. The summed E-state index contributed by atoms with van der Waals surface area (Å²) in [6.07, 6.45) is 0. The summed E-state index contributed by atoms with van der Waals surface area (Å²) in [4.78, 5) is 0. The normalized spacial score (nSPS) is 0. The molecule has 0 radical (unpaired) electrons. The predicted molar refractivity (Wildman–Crippen MR) is 12.9 cm³/mol. The monoisotopic (exact) mass is 171 g/mol. The standard InChI is InChI=1S/In.Mg.2O/q+3;+2;2*-2. The summed E-state index contributed by atoms with van der Waals surface area (Å²) >= 11 is 0. The van der Waals surface area contributed by atoms with E-state index >= 15 is 0 Å². The molecule has 4 heavy (non-hydrogen) atoms. The summed E-state index contributed by atoms with van der Waals surface area (Å²) in [7, 11) is 0. The Bertz CT molecular complexity index is 6.00. The minimum atomic E-state index is 0. The van der Waals surface area contributed by atoms with Crippen molar-refractivity contribution in [3.63, 3.8) is 0 Å². The third kappa shape index (κ3) is 9.59. The third-order valence-corrected chi connectivity index (χ3v) is 0. The number of hydrogen-bond acceptors (Lipinski definition) is 0. The van der Waals surface area contributed by atoms with Gasteiger partial charge >= 0.3 is 48.9 Å². The molecule has 0 aliphatic heterocycles. The van der Waals surface area contributed by atoms with E-state index in [4.69, 9.17) is 0 Å². The molecule has 0 saturated heterocycles. The van der Waals surface area contributed by atoms with Crippen molar-refractivity contribution >= 4 is 48.9 Å². The van der Waals surface area contributed by atoms with Crippen LogP contribution in [0.15, 0.2) is 0 Å². The van der Waals surface area contributed by atoms with Gasteiger partial charge in [-0.15, -0.1) is 0 Å². The summed E-state index contributed by atoms with van der Waals surface area (Å²) < 4.78 is 0. The van der Waals surface area contributed by atoms with Crippen LogP contribution in [0.5, 0.6) is 0 Å². The fourth-order valence-corrected chi connectivity index (χ4v) is 0. The van der Waals surface area contributed by atoms with Crippen LogP contribution in [0.25, 0.3) is 0 Å². The minimum Gasteiger partial charge on any atom is -2.00 e. The molecular weight excluding hydrogens is 171 g/mol. The molecule has 0 aromatic carbocycles. The van der Waals surface area contributed by atoms with E-state index in [0.717, 1.165) is 0 Å². The zero-order valence-electron chi connectivity index (χ0n) is 2.10.